The minimum absolute atomic E-state index is 0.148. The van der Waals surface area contributed by atoms with Gasteiger partial charge in [-0.3, -0.25) is 9.59 Å². The first-order valence-electron chi connectivity index (χ1n) is 6.09. The van der Waals surface area contributed by atoms with Crippen LogP contribution in [-0.2, 0) is 7.05 Å². The van der Waals surface area contributed by atoms with Gasteiger partial charge >= 0.3 is 0 Å². The fourth-order valence-corrected chi connectivity index (χ4v) is 3.28. The number of carbonyl (C=O) groups is 1. The van der Waals surface area contributed by atoms with Gasteiger partial charge in [-0.25, -0.2) is 0 Å². The SMILES string of the molecule is Cn1ccc(C(=O)NCC2(C)CCCS2)cc1=O. The Morgan fingerprint density at radius 1 is 1.61 bits per heavy atom. The third kappa shape index (κ3) is 2.96. The molecule has 1 unspecified atom stereocenters. The Labute approximate surface area is 111 Å². The topological polar surface area (TPSA) is 51.1 Å². The number of thioether (sulfide) groups is 1. The van der Waals surface area contributed by atoms with E-state index in [1.807, 2.05) is 11.8 Å². The summed E-state index contributed by atoms with van der Waals surface area (Å²) in [5.74, 6) is 1.000. The summed E-state index contributed by atoms with van der Waals surface area (Å²) in [7, 11) is 1.67. The molecular formula is C13H18N2O2S. The van der Waals surface area contributed by atoms with Crippen LogP contribution in [0.2, 0.25) is 0 Å². The average molecular weight is 266 g/mol. The van der Waals surface area contributed by atoms with Gasteiger partial charge in [0.05, 0.1) is 0 Å². The van der Waals surface area contributed by atoms with Crippen molar-refractivity contribution in [1.82, 2.24) is 9.88 Å². The minimum Gasteiger partial charge on any atom is -0.351 e. The van der Waals surface area contributed by atoms with E-state index < -0.39 is 0 Å². The molecule has 1 aliphatic heterocycles. The monoisotopic (exact) mass is 266 g/mol. The van der Waals surface area contributed by atoms with E-state index in [2.05, 4.69) is 12.2 Å². The van der Waals surface area contributed by atoms with Crippen LogP contribution in [-0.4, -0.2) is 27.5 Å². The molecule has 1 atom stereocenters. The van der Waals surface area contributed by atoms with Gasteiger partial charge in [-0.1, -0.05) is 0 Å². The van der Waals surface area contributed by atoms with Crippen LogP contribution >= 0.6 is 11.8 Å². The minimum atomic E-state index is -0.165. The Morgan fingerprint density at radius 3 is 3.00 bits per heavy atom. The second-order valence-electron chi connectivity index (χ2n) is 4.95. The molecule has 2 heterocycles. The molecule has 0 radical (unpaired) electrons. The Morgan fingerprint density at radius 2 is 2.39 bits per heavy atom. The lowest BCUT2D eigenvalue weighted by atomic mass is 10.1. The molecule has 0 spiro atoms. The van der Waals surface area contributed by atoms with Crippen LogP contribution < -0.4 is 10.9 Å². The van der Waals surface area contributed by atoms with E-state index in [9.17, 15) is 9.59 Å². The van der Waals surface area contributed by atoms with Gasteiger partial charge in [0.1, 0.15) is 0 Å². The lowest BCUT2D eigenvalue weighted by Crippen LogP contribution is -2.37. The molecule has 0 aromatic carbocycles. The van der Waals surface area contributed by atoms with Gasteiger partial charge in [-0.15, -0.1) is 0 Å². The van der Waals surface area contributed by atoms with Gasteiger partial charge in [0, 0.05) is 36.2 Å². The van der Waals surface area contributed by atoms with Crippen molar-refractivity contribution in [3.63, 3.8) is 0 Å². The van der Waals surface area contributed by atoms with Crippen molar-refractivity contribution in [1.29, 1.82) is 0 Å². The summed E-state index contributed by atoms with van der Waals surface area (Å²) in [4.78, 5) is 23.4. The molecule has 1 fully saturated rings. The van der Waals surface area contributed by atoms with Crippen LogP contribution in [0.15, 0.2) is 23.1 Å². The van der Waals surface area contributed by atoms with Crippen LogP contribution in [0.4, 0.5) is 0 Å². The molecule has 0 saturated carbocycles. The van der Waals surface area contributed by atoms with Crippen LogP contribution in [0.3, 0.4) is 0 Å². The van der Waals surface area contributed by atoms with Crippen molar-refractivity contribution in [2.45, 2.75) is 24.5 Å². The molecular weight excluding hydrogens is 248 g/mol. The van der Waals surface area contributed by atoms with Crippen LogP contribution in [0.1, 0.15) is 30.1 Å². The second-order valence-corrected chi connectivity index (χ2v) is 6.63. The maximum atomic E-state index is 11.9. The zero-order chi connectivity index (χ0) is 13.2. The van der Waals surface area contributed by atoms with Gasteiger partial charge in [-0.05, 0) is 31.6 Å². The largest absolute Gasteiger partial charge is 0.351 e. The number of pyridine rings is 1. The number of aromatic nitrogens is 1. The number of hydrogen-bond acceptors (Lipinski definition) is 3. The summed E-state index contributed by atoms with van der Waals surface area (Å²) in [5, 5.41) is 2.92. The van der Waals surface area contributed by atoms with E-state index in [4.69, 9.17) is 0 Å². The molecule has 0 aliphatic carbocycles. The maximum absolute atomic E-state index is 11.9. The van der Waals surface area contributed by atoms with Gasteiger partial charge in [0.25, 0.3) is 11.5 Å². The third-order valence-electron chi connectivity index (χ3n) is 3.29. The molecule has 1 saturated heterocycles. The van der Waals surface area contributed by atoms with Crippen molar-refractivity contribution in [2.75, 3.05) is 12.3 Å². The standard InChI is InChI=1S/C13H18N2O2S/c1-13(5-3-7-18-13)9-14-12(17)10-4-6-15(2)11(16)8-10/h4,6,8H,3,5,7,9H2,1-2H3,(H,14,17). The number of nitrogens with zero attached hydrogens (tertiary/aromatic N) is 1. The lowest BCUT2D eigenvalue weighted by Gasteiger charge is -2.22. The quantitative estimate of drug-likeness (QED) is 0.899. The van der Waals surface area contributed by atoms with E-state index in [-0.39, 0.29) is 16.2 Å². The molecule has 4 nitrogen and oxygen atoms in total. The van der Waals surface area contributed by atoms with Gasteiger partial charge in [0.2, 0.25) is 0 Å². The highest BCUT2D eigenvalue weighted by Gasteiger charge is 2.29. The summed E-state index contributed by atoms with van der Waals surface area (Å²) in [6.45, 7) is 2.83. The first-order valence-corrected chi connectivity index (χ1v) is 7.08. The predicted molar refractivity (Wildman–Crippen MR) is 74.1 cm³/mol. The van der Waals surface area contributed by atoms with Crippen molar-refractivity contribution in [3.05, 3.63) is 34.2 Å². The number of aryl methyl sites for hydroxylation is 1. The zero-order valence-electron chi connectivity index (χ0n) is 10.7. The molecule has 5 heteroatoms. The highest BCUT2D eigenvalue weighted by molar-refractivity contribution is 8.00. The molecule has 0 bridgehead atoms. The number of nitrogens with one attached hydrogen (secondary N) is 1. The predicted octanol–water partition coefficient (Wildman–Crippen LogP) is 1.40. The molecule has 2 rings (SSSR count). The summed E-state index contributed by atoms with van der Waals surface area (Å²) >= 11 is 1.91. The molecule has 98 valence electrons. The Balaban J connectivity index is 1.99. The lowest BCUT2D eigenvalue weighted by molar-refractivity contribution is 0.0949. The number of carbonyl (C=O) groups excluding carboxylic acids is 1. The molecule has 1 amide bonds. The molecule has 1 aromatic rings. The molecule has 1 aromatic heterocycles. The number of amides is 1. The highest BCUT2D eigenvalue weighted by atomic mass is 32.2. The van der Waals surface area contributed by atoms with Crippen molar-refractivity contribution in [3.8, 4) is 0 Å². The van der Waals surface area contributed by atoms with Crippen molar-refractivity contribution < 1.29 is 4.79 Å². The van der Waals surface area contributed by atoms with Crippen molar-refractivity contribution >= 4 is 17.7 Å². The first kappa shape index (κ1) is 13.2. The van der Waals surface area contributed by atoms with E-state index in [0.29, 0.717) is 12.1 Å². The Bertz CT molecular complexity index is 504. The zero-order valence-corrected chi connectivity index (χ0v) is 11.5. The summed E-state index contributed by atoms with van der Waals surface area (Å²) in [6, 6.07) is 3.04. The first-order chi connectivity index (χ1) is 8.50. The fourth-order valence-electron chi connectivity index (χ4n) is 2.04. The summed E-state index contributed by atoms with van der Waals surface area (Å²) < 4.78 is 1.60. The van der Waals surface area contributed by atoms with Crippen LogP contribution in [0.5, 0.6) is 0 Å². The number of rotatable bonds is 3. The Hall–Kier alpha value is -1.23. The van der Waals surface area contributed by atoms with Gasteiger partial charge in [-0.2, -0.15) is 11.8 Å². The summed E-state index contributed by atoms with van der Waals surface area (Å²) in [6.07, 6.45) is 3.96. The van der Waals surface area contributed by atoms with E-state index in [0.717, 1.165) is 12.2 Å². The van der Waals surface area contributed by atoms with Crippen LogP contribution in [0, 0.1) is 0 Å². The second kappa shape index (κ2) is 5.18. The summed E-state index contributed by atoms with van der Waals surface area (Å²) in [5.41, 5.74) is 0.272. The van der Waals surface area contributed by atoms with Gasteiger partial charge in [0.15, 0.2) is 0 Å². The van der Waals surface area contributed by atoms with Crippen molar-refractivity contribution in [2.24, 2.45) is 7.05 Å². The van der Waals surface area contributed by atoms with Crippen LogP contribution in [0.25, 0.3) is 0 Å². The van der Waals surface area contributed by atoms with Gasteiger partial charge < -0.3 is 9.88 Å². The normalized spacial score (nSPS) is 23.0. The molecule has 18 heavy (non-hydrogen) atoms. The fraction of sp³-hybridized carbons (Fsp3) is 0.538. The molecule has 1 aliphatic rings. The van der Waals surface area contributed by atoms with E-state index in [1.165, 1.54) is 17.1 Å². The third-order valence-corrected chi connectivity index (χ3v) is 4.83. The molecule has 1 N–H and O–H groups in total. The smallest absolute Gasteiger partial charge is 0.251 e. The average Bonchev–Trinajstić information content (AvgIpc) is 2.77. The Kier molecular flexibility index (Phi) is 3.80. The highest BCUT2D eigenvalue weighted by Crippen LogP contribution is 2.36. The van der Waals surface area contributed by atoms with E-state index >= 15 is 0 Å². The maximum Gasteiger partial charge on any atom is 0.251 e. The van der Waals surface area contributed by atoms with E-state index in [1.54, 1.807) is 19.3 Å². The number of hydrogen-bond donors (Lipinski definition) is 1.